The second-order valence-electron chi connectivity index (χ2n) is 14.1. The van der Waals surface area contributed by atoms with E-state index in [2.05, 4.69) is 27.8 Å². The molecule has 0 spiro atoms. The largest absolute Gasteiger partial charge is 0.346 e. The molecule has 0 aromatic carbocycles. The summed E-state index contributed by atoms with van der Waals surface area (Å²) in [6, 6.07) is -4.28. The Hall–Kier alpha value is -2.96. The van der Waals surface area contributed by atoms with Crippen LogP contribution in [0.5, 0.6) is 0 Å². The Bertz CT molecular complexity index is 1210. The van der Waals surface area contributed by atoms with Crippen molar-refractivity contribution in [1.29, 1.82) is 0 Å². The van der Waals surface area contributed by atoms with Gasteiger partial charge in [-0.1, -0.05) is 67.9 Å². The zero-order chi connectivity index (χ0) is 34.3. The molecular formula is C32H55N5O7S. The van der Waals surface area contributed by atoms with Crippen LogP contribution in [0.1, 0.15) is 87.5 Å². The molecule has 13 heteroatoms. The first-order valence-corrected chi connectivity index (χ1v) is 17.9. The van der Waals surface area contributed by atoms with Crippen molar-refractivity contribution in [3.05, 3.63) is 12.7 Å². The number of urea groups is 1. The van der Waals surface area contributed by atoms with Crippen LogP contribution >= 0.6 is 0 Å². The Morgan fingerprint density at radius 3 is 2.13 bits per heavy atom. The number of carbonyl (C=O) groups is 5. The number of Topliss-reactive ketones (excluding diaryl/α,β-unsaturated/α-hetero) is 1. The number of carbonyl (C=O) groups excluding carboxylic acids is 5. The summed E-state index contributed by atoms with van der Waals surface area (Å²) in [5.74, 6) is -2.81. The van der Waals surface area contributed by atoms with E-state index in [-0.39, 0.29) is 43.0 Å². The van der Waals surface area contributed by atoms with Gasteiger partial charge in [0.1, 0.15) is 12.1 Å². The van der Waals surface area contributed by atoms with Gasteiger partial charge in [-0.3, -0.25) is 19.2 Å². The highest BCUT2D eigenvalue weighted by molar-refractivity contribution is 7.92. The molecular weight excluding hydrogens is 598 g/mol. The van der Waals surface area contributed by atoms with Crippen LogP contribution in [0.15, 0.2) is 12.7 Å². The normalized spacial score (nSPS) is 23.2. The zero-order valence-electron chi connectivity index (χ0n) is 28.3. The van der Waals surface area contributed by atoms with Crippen molar-refractivity contribution in [3.63, 3.8) is 0 Å². The van der Waals surface area contributed by atoms with E-state index in [0.717, 1.165) is 0 Å². The Kier molecular flexibility index (Phi) is 13.6. The molecule has 45 heavy (non-hydrogen) atoms. The van der Waals surface area contributed by atoms with Crippen LogP contribution in [0, 0.1) is 23.2 Å². The van der Waals surface area contributed by atoms with Gasteiger partial charge in [0.2, 0.25) is 17.6 Å². The van der Waals surface area contributed by atoms with Gasteiger partial charge >= 0.3 is 6.03 Å². The third kappa shape index (κ3) is 9.76. The van der Waals surface area contributed by atoms with Crippen molar-refractivity contribution in [1.82, 2.24) is 26.2 Å². The second-order valence-corrected chi connectivity index (χ2v) is 16.5. The fourth-order valence-corrected chi connectivity index (χ4v) is 8.60. The molecule has 0 aromatic heterocycles. The number of likely N-dealkylation sites (tertiary alicyclic amines) is 1. The van der Waals surface area contributed by atoms with Crippen LogP contribution < -0.4 is 21.3 Å². The molecule has 3 unspecified atom stereocenters. The van der Waals surface area contributed by atoms with E-state index in [9.17, 15) is 32.4 Å². The molecule has 0 radical (unpaired) electrons. The van der Waals surface area contributed by atoms with Crippen LogP contribution in [0.25, 0.3) is 0 Å². The van der Waals surface area contributed by atoms with E-state index >= 15 is 0 Å². The fourth-order valence-electron chi connectivity index (χ4n) is 6.37. The molecule has 5 amide bonds. The van der Waals surface area contributed by atoms with E-state index in [0.29, 0.717) is 25.7 Å². The van der Waals surface area contributed by atoms with Crippen LogP contribution in [-0.2, 0) is 29.0 Å². The average Bonchev–Trinajstić information content (AvgIpc) is 3.54. The van der Waals surface area contributed by atoms with Crippen molar-refractivity contribution in [2.24, 2.45) is 23.2 Å². The number of amides is 5. The third-order valence-corrected chi connectivity index (χ3v) is 11.2. The van der Waals surface area contributed by atoms with Crippen molar-refractivity contribution < 1.29 is 32.4 Å². The number of ketones is 1. The fraction of sp³-hybridized carbons (Fsp3) is 0.781. The second kappa shape index (κ2) is 16.0. The Morgan fingerprint density at radius 1 is 1.00 bits per heavy atom. The van der Waals surface area contributed by atoms with E-state index in [4.69, 9.17) is 0 Å². The monoisotopic (exact) mass is 653 g/mol. The SMILES string of the molecule is C=CCNC(=O)C(=O)C(CCC)NC(=O)[C@@H]1[C@@H](C(C)C)CCN1C(=O)[C@@H](NC(=O)NC(C(C)C)C1CCCS1(=O)=O)C(C)(C)C. The molecule has 2 fully saturated rings. The quantitative estimate of drug-likeness (QED) is 0.165. The molecule has 0 bridgehead atoms. The highest BCUT2D eigenvalue weighted by Crippen LogP contribution is 2.34. The molecule has 0 saturated carbocycles. The molecule has 256 valence electrons. The standard InChI is InChI=1S/C32H55N5O7S/c1-10-13-22(26(38)29(40)33-16-11-2)34-28(39)25-21(19(3)4)15-17-37(25)30(41)27(32(7,8)9)36-31(42)35-24(20(5)6)23-14-12-18-45(23,43)44/h11,19-25,27H,2,10,12-18H2,1,3-9H3,(H,33,40)(H,34,39)(H2,35,36,42)/t21-,22?,23?,24?,25+,27-/m1/s1. The summed E-state index contributed by atoms with van der Waals surface area (Å²) >= 11 is 0. The van der Waals surface area contributed by atoms with Gasteiger partial charge in [-0.25, -0.2) is 13.2 Å². The van der Waals surface area contributed by atoms with Crippen molar-refractivity contribution in [2.75, 3.05) is 18.8 Å². The number of hydrogen-bond donors (Lipinski definition) is 4. The highest BCUT2D eigenvalue weighted by Gasteiger charge is 2.48. The Labute approximate surface area is 269 Å². The molecule has 4 N–H and O–H groups in total. The summed E-state index contributed by atoms with van der Waals surface area (Å²) in [6.07, 6.45) is 3.79. The maximum atomic E-state index is 14.2. The lowest BCUT2D eigenvalue weighted by atomic mass is 9.84. The van der Waals surface area contributed by atoms with Gasteiger partial charge in [0, 0.05) is 19.1 Å². The lowest BCUT2D eigenvalue weighted by Gasteiger charge is -2.37. The maximum absolute atomic E-state index is 14.2. The third-order valence-electron chi connectivity index (χ3n) is 8.88. The van der Waals surface area contributed by atoms with Gasteiger partial charge in [0.05, 0.1) is 17.0 Å². The smallest absolute Gasteiger partial charge is 0.315 e. The minimum atomic E-state index is -3.34. The predicted molar refractivity (Wildman–Crippen MR) is 174 cm³/mol. The first kappa shape index (κ1) is 38.2. The summed E-state index contributed by atoms with van der Waals surface area (Å²) < 4.78 is 25.3. The topological polar surface area (TPSA) is 171 Å². The molecule has 2 aliphatic rings. The van der Waals surface area contributed by atoms with E-state index in [1.54, 1.807) is 20.8 Å². The van der Waals surface area contributed by atoms with Crippen LogP contribution in [0.3, 0.4) is 0 Å². The van der Waals surface area contributed by atoms with Gasteiger partial charge in [0.15, 0.2) is 9.84 Å². The van der Waals surface area contributed by atoms with Gasteiger partial charge in [-0.05, 0) is 48.9 Å². The van der Waals surface area contributed by atoms with Gasteiger partial charge in [-0.2, -0.15) is 0 Å². The first-order valence-electron chi connectivity index (χ1n) is 16.2. The number of sulfone groups is 1. The van der Waals surface area contributed by atoms with E-state index in [1.807, 2.05) is 34.6 Å². The van der Waals surface area contributed by atoms with Crippen molar-refractivity contribution >= 4 is 39.4 Å². The van der Waals surface area contributed by atoms with Gasteiger partial charge in [-0.15, -0.1) is 6.58 Å². The van der Waals surface area contributed by atoms with Crippen molar-refractivity contribution in [3.8, 4) is 0 Å². The molecule has 6 atom stereocenters. The predicted octanol–water partition coefficient (Wildman–Crippen LogP) is 2.33. The number of hydrogen-bond acceptors (Lipinski definition) is 7. The summed E-state index contributed by atoms with van der Waals surface area (Å²) in [4.78, 5) is 68.3. The van der Waals surface area contributed by atoms with E-state index < -0.39 is 74.2 Å². The number of rotatable bonds is 14. The minimum absolute atomic E-state index is 0.0271. The van der Waals surface area contributed by atoms with Crippen LogP contribution in [0.2, 0.25) is 0 Å². The van der Waals surface area contributed by atoms with Gasteiger partial charge in [0.25, 0.3) is 5.91 Å². The molecule has 0 aliphatic carbocycles. The summed E-state index contributed by atoms with van der Waals surface area (Å²) in [6.45, 7) is 18.8. The molecule has 2 aliphatic heterocycles. The average molecular weight is 654 g/mol. The number of nitrogens with zero attached hydrogens (tertiary/aromatic N) is 1. The Morgan fingerprint density at radius 2 is 1.64 bits per heavy atom. The van der Waals surface area contributed by atoms with Crippen molar-refractivity contribution in [2.45, 2.75) is 117 Å². The zero-order valence-corrected chi connectivity index (χ0v) is 29.1. The molecule has 2 rings (SSSR count). The van der Waals surface area contributed by atoms with Gasteiger partial charge < -0.3 is 26.2 Å². The summed E-state index contributed by atoms with van der Waals surface area (Å²) in [5.41, 5.74) is -0.762. The highest BCUT2D eigenvalue weighted by atomic mass is 32.2. The lowest BCUT2D eigenvalue weighted by molar-refractivity contribution is -0.144. The van der Waals surface area contributed by atoms with Crippen LogP contribution in [-0.4, -0.2) is 91.1 Å². The lowest BCUT2D eigenvalue weighted by Crippen LogP contribution is -2.62. The van der Waals surface area contributed by atoms with Crippen LogP contribution in [0.4, 0.5) is 4.79 Å². The molecule has 12 nitrogen and oxygen atoms in total. The summed E-state index contributed by atoms with van der Waals surface area (Å²) in [5, 5.41) is 10.2. The molecule has 2 heterocycles. The molecule has 0 aromatic rings. The number of nitrogens with one attached hydrogen (secondary N) is 4. The Balaban J connectivity index is 2.33. The first-order chi connectivity index (χ1) is 20.9. The maximum Gasteiger partial charge on any atom is 0.315 e. The minimum Gasteiger partial charge on any atom is -0.346 e. The molecule has 2 saturated heterocycles. The van der Waals surface area contributed by atoms with E-state index in [1.165, 1.54) is 11.0 Å². The summed E-state index contributed by atoms with van der Waals surface area (Å²) in [7, 11) is -3.34.